The Morgan fingerprint density at radius 1 is 1.53 bits per heavy atom. The van der Waals surface area contributed by atoms with Crippen LogP contribution in [0.3, 0.4) is 0 Å². The number of para-hydroxylation sites is 1. The van der Waals surface area contributed by atoms with Gasteiger partial charge in [0.1, 0.15) is 10.7 Å². The van der Waals surface area contributed by atoms with E-state index in [0.717, 1.165) is 12.5 Å². The van der Waals surface area contributed by atoms with E-state index in [0.29, 0.717) is 6.61 Å². The molecule has 1 aliphatic heterocycles. The topological polar surface area (TPSA) is 72.6 Å². The van der Waals surface area contributed by atoms with Gasteiger partial charge < -0.3 is 10.5 Å². The summed E-state index contributed by atoms with van der Waals surface area (Å²) in [6.45, 7) is 2.80. The minimum atomic E-state index is -3.77. The van der Waals surface area contributed by atoms with Gasteiger partial charge in [0.05, 0.1) is 18.4 Å². The Morgan fingerprint density at radius 2 is 2.26 bits per heavy atom. The van der Waals surface area contributed by atoms with Crippen LogP contribution in [-0.4, -0.2) is 38.5 Å². The van der Waals surface area contributed by atoms with Gasteiger partial charge in [-0.15, -0.1) is 0 Å². The van der Waals surface area contributed by atoms with Crippen LogP contribution in [-0.2, 0) is 14.8 Å². The van der Waals surface area contributed by atoms with Crippen molar-refractivity contribution >= 4 is 15.7 Å². The van der Waals surface area contributed by atoms with Crippen LogP contribution in [0.1, 0.15) is 13.3 Å². The Bertz CT molecular complexity index is 562. The van der Waals surface area contributed by atoms with Crippen molar-refractivity contribution in [3.8, 4) is 0 Å². The van der Waals surface area contributed by atoms with E-state index in [2.05, 4.69) is 0 Å². The van der Waals surface area contributed by atoms with Crippen molar-refractivity contribution in [1.29, 1.82) is 0 Å². The van der Waals surface area contributed by atoms with E-state index in [9.17, 15) is 12.8 Å². The lowest BCUT2D eigenvalue weighted by molar-refractivity contribution is -0.00277. The summed E-state index contributed by atoms with van der Waals surface area (Å²) in [5.41, 5.74) is 5.20. The molecule has 1 fully saturated rings. The average Bonchev–Trinajstić information content (AvgIpc) is 2.41. The second-order valence-electron chi connectivity index (χ2n) is 4.42. The van der Waals surface area contributed by atoms with E-state index in [4.69, 9.17) is 10.5 Å². The van der Waals surface area contributed by atoms with Crippen molar-refractivity contribution in [3.63, 3.8) is 0 Å². The first-order chi connectivity index (χ1) is 8.96. The second-order valence-corrected chi connectivity index (χ2v) is 6.32. The molecule has 0 radical (unpaired) electrons. The maximum atomic E-state index is 13.4. The van der Waals surface area contributed by atoms with Gasteiger partial charge in [-0.1, -0.05) is 13.0 Å². The SMILES string of the molecule is CCC1CN(S(=O)(=O)c2cccc(F)c2N)CCO1. The largest absolute Gasteiger partial charge is 0.395 e. The van der Waals surface area contributed by atoms with Gasteiger partial charge >= 0.3 is 0 Å². The molecule has 106 valence electrons. The van der Waals surface area contributed by atoms with E-state index in [-0.39, 0.29) is 29.8 Å². The number of nitrogen functional groups attached to an aromatic ring is 1. The Balaban J connectivity index is 2.34. The van der Waals surface area contributed by atoms with Crippen LogP contribution in [0, 0.1) is 5.82 Å². The lowest BCUT2D eigenvalue weighted by Gasteiger charge is -2.31. The van der Waals surface area contributed by atoms with Crippen LogP contribution >= 0.6 is 0 Å². The molecule has 1 aliphatic rings. The molecule has 1 saturated heterocycles. The molecule has 1 heterocycles. The highest BCUT2D eigenvalue weighted by molar-refractivity contribution is 7.89. The Labute approximate surface area is 112 Å². The lowest BCUT2D eigenvalue weighted by atomic mass is 10.2. The first-order valence-corrected chi connectivity index (χ1v) is 7.56. The van der Waals surface area contributed by atoms with Gasteiger partial charge in [-0.3, -0.25) is 0 Å². The molecule has 2 N–H and O–H groups in total. The van der Waals surface area contributed by atoms with E-state index in [1.54, 1.807) is 0 Å². The number of hydrogen-bond acceptors (Lipinski definition) is 4. The molecule has 19 heavy (non-hydrogen) atoms. The monoisotopic (exact) mass is 288 g/mol. The van der Waals surface area contributed by atoms with Crippen LogP contribution in [0.15, 0.2) is 23.1 Å². The Kier molecular flexibility index (Phi) is 4.07. The number of hydrogen-bond donors (Lipinski definition) is 1. The molecule has 5 nitrogen and oxygen atoms in total. The smallest absolute Gasteiger partial charge is 0.245 e. The highest BCUT2D eigenvalue weighted by atomic mass is 32.2. The zero-order valence-electron chi connectivity index (χ0n) is 10.7. The maximum Gasteiger partial charge on any atom is 0.245 e. The van der Waals surface area contributed by atoms with Crippen LogP contribution in [0.4, 0.5) is 10.1 Å². The summed E-state index contributed by atoms with van der Waals surface area (Å²) in [5, 5.41) is 0. The van der Waals surface area contributed by atoms with Crippen LogP contribution in [0.25, 0.3) is 0 Å². The van der Waals surface area contributed by atoms with Gasteiger partial charge in [0.2, 0.25) is 10.0 Å². The molecule has 0 amide bonds. The number of sulfonamides is 1. The van der Waals surface area contributed by atoms with Crippen LogP contribution in [0.2, 0.25) is 0 Å². The summed E-state index contributed by atoms with van der Waals surface area (Å²) in [6, 6.07) is 3.81. The predicted molar refractivity (Wildman–Crippen MR) is 69.6 cm³/mol. The minimum Gasteiger partial charge on any atom is -0.395 e. The number of nitrogens with two attached hydrogens (primary N) is 1. The standard InChI is InChI=1S/C12H17FN2O3S/c1-2-9-8-15(6-7-18-9)19(16,17)11-5-3-4-10(13)12(11)14/h3-5,9H,2,6-8,14H2,1H3. The molecule has 0 spiro atoms. The van der Waals surface area contributed by atoms with Gasteiger partial charge in [0, 0.05) is 13.1 Å². The molecular weight excluding hydrogens is 271 g/mol. The summed E-state index contributed by atoms with van der Waals surface area (Å²) in [6.07, 6.45) is 0.600. The zero-order valence-corrected chi connectivity index (χ0v) is 11.5. The normalized spacial score (nSPS) is 21.5. The average molecular weight is 288 g/mol. The molecule has 1 aromatic carbocycles. The molecule has 2 rings (SSSR count). The van der Waals surface area contributed by atoms with Crippen molar-refractivity contribution in [2.24, 2.45) is 0 Å². The summed E-state index contributed by atoms with van der Waals surface area (Å²) in [5.74, 6) is -0.721. The molecule has 0 aliphatic carbocycles. The first kappa shape index (κ1) is 14.2. The van der Waals surface area contributed by atoms with E-state index < -0.39 is 15.8 Å². The van der Waals surface area contributed by atoms with Gasteiger partial charge in [-0.05, 0) is 18.6 Å². The van der Waals surface area contributed by atoms with Gasteiger partial charge in [0.15, 0.2) is 0 Å². The molecule has 1 unspecified atom stereocenters. The third-order valence-electron chi connectivity index (χ3n) is 3.19. The molecule has 0 saturated carbocycles. The van der Waals surface area contributed by atoms with Crippen LogP contribution in [0.5, 0.6) is 0 Å². The molecular formula is C12H17FN2O3S. The number of morpholine rings is 1. The van der Waals surface area contributed by atoms with E-state index in [1.165, 1.54) is 16.4 Å². The number of ether oxygens (including phenoxy) is 1. The third-order valence-corrected chi connectivity index (χ3v) is 5.11. The molecule has 7 heteroatoms. The predicted octanol–water partition coefficient (Wildman–Crippen LogP) is 1.21. The zero-order chi connectivity index (χ0) is 14.0. The van der Waals surface area contributed by atoms with Crippen molar-refractivity contribution in [2.75, 3.05) is 25.4 Å². The number of nitrogens with zero attached hydrogens (tertiary/aromatic N) is 1. The molecule has 1 atom stereocenters. The number of rotatable bonds is 3. The number of halogens is 1. The summed E-state index contributed by atoms with van der Waals surface area (Å²) in [4.78, 5) is -0.177. The second kappa shape index (κ2) is 5.44. The van der Waals surface area contributed by atoms with Gasteiger partial charge in [0.25, 0.3) is 0 Å². The van der Waals surface area contributed by atoms with Crippen molar-refractivity contribution < 1.29 is 17.5 Å². The fourth-order valence-electron chi connectivity index (χ4n) is 2.04. The van der Waals surface area contributed by atoms with Crippen molar-refractivity contribution in [2.45, 2.75) is 24.3 Å². The minimum absolute atomic E-state index is 0.127. The fourth-order valence-corrected chi connectivity index (χ4v) is 3.62. The summed E-state index contributed by atoms with van der Waals surface area (Å²) >= 11 is 0. The third kappa shape index (κ3) is 2.72. The van der Waals surface area contributed by atoms with Crippen molar-refractivity contribution in [3.05, 3.63) is 24.0 Å². The fraction of sp³-hybridized carbons (Fsp3) is 0.500. The summed E-state index contributed by atoms with van der Waals surface area (Å²) < 4.78 is 45.0. The molecule has 1 aromatic rings. The molecule has 0 bridgehead atoms. The van der Waals surface area contributed by atoms with E-state index in [1.807, 2.05) is 6.92 Å². The maximum absolute atomic E-state index is 13.4. The van der Waals surface area contributed by atoms with Crippen molar-refractivity contribution in [1.82, 2.24) is 4.31 Å². The number of benzene rings is 1. The number of anilines is 1. The first-order valence-electron chi connectivity index (χ1n) is 6.12. The lowest BCUT2D eigenvalue weighted by Crippen LogP contribution is -2.45. The van der Waals surface area contributed by atoms with Gasteiger partial charge in [-0.2, -0.15) is 4.31 Å². The highest BCUT2D eigenvalue weighted by Crippen LogP contribution is 2.26. The van der Waals surface area contributed by atoms with Crippen LogP contribution < -0.4 is 5.73 Å². The molecule has 0 aromatic heterocycles. The van der Waals surface area contributed by atoms with E-state index >= 15 is 0 Å². The highest BCUT2D eigenvalue weighted by Gasteiger charge is 2.31. The quantitative estimate of drug-likeness (QED) is 0.848. The Morgan fingerprint density at radius 3 is 2.95 bits per heavy atom. The summed E-state index contributed by atoms with van der Waals surface area (Å²) in [7, 11) is -3.77. The van der Waals surface area contributed by atoms with Gasteiger partial charge in [-0.25, -0.2) is 12.8 Å². The Hall–Kier alpha value is -1.18.